The molecule has 4 rings (SSSR count). The topological polar surface area (TPSA) is 68.9 Å². The number of piperidine rings is 1. The molecule has 0 aromatic carbocycles. The van der Waals surface area contributed by atoms with Crippen LogP contribution in [0.5, 0.6) is 0 Å². The monoisotopic (exact) mass is 392 g/mol. The second-order valence-electron chi connectivity index (χ2n) is 6.30. The van der Waals surface area contributed by atoms with Gasteiger partial charge in [0.15, 0.2) is 5.65 Å². The maximum atomic E-state index is 12.6. The lowest BCUT2D eigenvalue weighted by molar-refractivity contribution is 0.297. The number of hydrogen-bond donors (Lipinski definition) is 1. The molecular weight excluding hydrogens is 375 g/mol. The summed E-state index contributed by atoms with van der Waals surface area (Å²) in [5.41, 5.74) is 0.129. The summed E-state index contributed by atoms with van der Waals surface area (Å²) in [6, 6.07) is 2.58. The van der Waals surface area contributed by atoms with Gasteiger partial charge in [0, 0.05) is 31.4 Å². The number of rotatable bonds is 1. The van der Waals surface area contributed by atoms with Crippen molar-refractivity contribution in [3.05, 3.63) is 38.0 Å². The van der Waals surface area contributed by atoms with E-state index in [9.17, 15) is 9.59 Å². The van der Waals surface area contributed by atoms with Crippen LogP contribution in [0.3, 0.4) is 0 Å². The number of pyridine rings is 1. The zero-order valence-corrected chi connectivity index (χ0v) is 15.5. The second-order valence-corrected chi connectivity index (χ2v) is 6.74. The van der Waals surface area contributed by atoms with Gasteiger partial charge in [-0.1, -0.05) is 11.6 Å². The molecule has 2 bridgehead atoms. The van der Waals surface area contributed by atoms with Crippen LogP contribution in [0.25, 0.3) is 11.2 Å². The van der Waals surface area contributed by atoms with E-state index in [4.69, 9.17) is 11.6 Å². The van der Waals surface area contributed by atoms with E-state index in [1.807, 2.05) is 0 Å². The highest BCUT2D eigenvalue weighted by Crippen LogP contribution is 2.34. The molecule has 4 heterocycles. The van der Waals surface area contributed by atoms with E-state index in [-0.39, 0.29) is 30.9 Å². The molecule has 1 N–H and O–H groups in total. The average molecular weight is 394 g/mol. The molecule has 9 heteroatoms. The van der Waals surface area contributed by atoms with E-state index in [0.29, 0.717) is 28.3 Å². The zero-order chi connectivity index (χ0) is 15.4. The van der Waals surface area contributed by atoms with Crippen molar-refractivity contribution in [3.63, 3.8) is 0 Å². The van der Waals surface area contributed by atoms with Crippen LogP contribution in [0.15, 0.2) is 21.9 Å². The average Bonchev–Trinajstić information content (AvgIpc) is 2.84. The van der Waals surface area contributed by atoms with Gasteiger partial charge < -0.3 is 9.88 Å². The fraction of sp³-hybridized carbons (Fsp3) is 0.533. The first kappa shape index (κ1) is 19.2. The zero-order valence-electron chi connectivity index (χ0n) is 13.1. The maximum Gasteiger partial charge on any atom is 0.318 e. The Balaban J connectivity index is 0.00000104. The number of aryl methyl sites for hydroxylation is 1. The van der Waals surface area contributed by atoms with Crippen molar-refractivity contribution in [3.8, 4) is 0 Å². The molecule has 0 saturated carbocycles. The number of nitrogens with one attached hydrogen (secondary N) is 1. The lowest BCUT2D eigenvalue weighted by Crippen LogP contribution is -2.46. The number of hydrogen-bond acceptors (Lipinski definition) is 4. The van der Waals surface area contributed by atoms with Crippen molar-refractivity contribution in [1.29, 1.82) is 0 Å². The van der Waals surface area contributed by atoms with Gasteiger partial charge in [0.2, 0.25) is 0 Å². The SMILES string of the molecule is Cl.Cl.Cn1c(=O)c(=O)n(C2CC3CCC(C2)N3)c2ncc(Cl)cc21. The minimum Gasteiger partial charge on any atom is -0.311 e. The van der Waals surface area contributed by atoms with Gasteiger partial charge >= 0.3 is 11.1 Å². The Kier molecular flexibility index (Phi) is 5.64. The maximum absolute atomic E-state index is 12.6. The molecule has 2 aromatic heterocycles. The Hall–Kier alpha value is -1.08. The minimum atomic E-state index is -0.526. The fourth-order valence-corrected chi connectivity index (χ4v) is 4.03. The van der Waals surface area contributed by atoms with E-state index >= 15 is 0 Å². The van der Waals surface area contributed by atoms with E-state index in [2.05, 4.69) is 10.3 Å². The van der Waals surface area contributed by atoms with E-state index in [1.54, 1.807) is 17.7 Å². The molecule has 6 nitrogen and oxygen atoms in total. The van der Waals surface area contributed by atoms with Crippen molar-refractivity contribution in [1.82, 2.24) is 19.4 Å². The molecule has 2 saturated heterocycles. The predicted octanol–water partition coefficient (Wildman–Crippen LogP) is 2.05. The third kappa shape index (κ3) is 2.96. The lowest BCUT2D eigenvalue weighted by atomic mass is 9.99. The molecule has 2 aliphatic heterocycles. The standard InChI is InChI=1S/C15H17ClN4O2.2ClH/c1-19-12-4-8(16)7-17-13(12)20(15(22)14(19)21)11-5-9-2-3-10(6-11)18-9;;/h4,7,9-11,18H,2-3,5-6H2,1H3;2*1H. The molecule has 2 aromatic rings. The van der Waals surface area contributed by atoms with Crippen molar-refractivity contribution >= 4 is 47.6 Å². The smallest absolute Gasteiger partial charge is 0.311 e. The summed E-state index contributed by atoms with van der Waals surface area (Å²) in [7, 11) is 1.58. The molecule has 132 valence electrons. The first-order valence-corrected chi connectivity index (χ1v) is 7.95. The second kappa shape index (κ2) is 7.04. The van der Waals surface area contributed by atoms with Crippen LogP contribution >= 0.6 is 36.4 Å². The van der Waals surface area contributed by atoms with Crippen LogP contribution in [-0.2, 0) is 7.05 Å². The molecule has 2 unspecified atom stereocenters. The van der Waals surface area contributed by atoms with E-state index < -0.39 is 11.1 Å². The van der Waals surface area contributed by atoms with E-state index in [1.165, 1.54) is 10.8 Å². The highest BCUT2D eigenvalue weighted by atomic mass is 35.5. The Bertz CT molecular complexity index is 867. The van der Waals surface area contributed by atoms with Gasteiger partial charge in [-0.3, -0.25) is 14.2 Å². The molecule has 0 radical (unpaired) electrons. The summed E-state index contributed by atoms with van der Waals surface area (Å²) in [5.74, 6) is 0. The van der Waals surface area contributed by atoms with Crippen molar-refractivity contribution in [2.75, 3.05) is 0 Å². The van der Waals surface area contributed by atoms with E-state index in [0.717, 1.165) is 25.7 Å². The molecular formula is C15H19Cl3N4O2. The van der Waals surface area contributed by atoms with Crippen LogP contribution in [0.1, 0.15) is 31.7 Å². The molecule has 2 aliphatic rings. The van der Waals surface area contributed by atoms with Gasteiger partial charge in [-0.05, 0) is 31.7 Å². The summed E-state index contributed by atoms with van der Waals surface area (Å²) < 4.78 is 2.93. The first-order valence-electron chi connectivity index (χ1n) is 7.57. The quantitative estimate of drug-likeness (QED) is 0.753. The van der Waals surface area contributed by atoms with Gasteiger partial charge in [-0.2, -0.15) is 0 Å². The molecule has 2 fully saturated rings. The summed E-state index contributed by atoms with van der Waals surface area (Å²) in [6.07, 6.45) is 5.53. The number of nitrogens with zero attached hydrogens (tertiary/aromatic N) is 3. The largest absolute Gasteiger partial charge is 0.318 e. The highest BCUT2D eigenvalue weighted by molar-refractivity contribution is 6.31. The summed E-state index contributed by atoms with van der Waals surface area (Å²) in [5, 5.41) is 4.01. The van der Waals surface area contributed by atoms with Gasteiger partial charge in [-0.15, -0.1) is 24.8 Å². The normalized spacial score (nSPS) is 25.2. The van der Waals surface area contributed by atoms with Crippen molar-refractivity contribution in [2.24, 2.45) is 7.05 Å². The summed E-state index contributed by atoms with van der Waals surface area (Å²) >= 11 is 6.00. The van der Waals surface area contributed by atoms with Crippen molar-refractivity contribution in [2.45, 2.75) is 43.8 Å². The van der Waals surface area contributed by atoms with Crippen LogP contribution < -0.4 is 16.4 Å². The predicted molar refractivity (Wildman–Crippen MR) is 99.0 cm³/mol. The Morgan fingerprint density at radius 3 is 2.42 bits per heavy atom. The third-order valence-corrected chi connectivity index (χ3v) is 5.13. The Labute approximate surface area is 156 Å². The summed E-state index contributed by atoms with van der Waals surface area (Å²) in [6.45, 7) is 0. The summed E-state index contributed by atoms with van der Waals surface area (Å²) in [4.78, 5) is 29.2. The lowest BCUT2D eigenvalue weighted by Gasteiger charge is -2.31. The first-order chi connectivity index (χ1) is 10.5. The van der Waals surface area contributed by atoms with Gasteiger partial charge in [-0.25, -0.2) is 4.98 Å². The number of aromatic nitrogens is 3. The minimum absolute atomic E-state index is 0. The molecule has 2 atom stereocenters. The molecule has 0 amide bonds. The van der Waals surface area contributed by atoms with Crippen LogP contribution in [0.2, 0.25) is 5.02 Å². The van der Waals surface area contributed by atoms with Crippen molar-refractivity contribution < 1.29 is 0 Å². The van der Waals surface area contributed by atoms with Crippen LogP contribution in [-0.4, -0.2) is 26.2 Å². The fourth-order valence-electron chi connectivity index (χ4n) is 3.88. The Morgan fingerprint density at radius 1 is 1.17 bits per heavy atom. The highest BCUT2D eigenvalue weighted by Gasteiger charge is 2.35. The molecule has 0 aliphatic carbocycles. The number of halogens is 3. The van der Waals surface area contributed by atoms with Crippen LogP contribution in [0.4, 0.5) is 0 Å². The van der Waals surface area contributed by atoms with Crippen LogP contribution in [0, 0.1) is 0 Å². The molecule has 24 heavy (non-hydrogen) atoms. The van der Waals surface area contributed by atoms with Gasteiger partial charge in [0.05, 0.1) is 10.5 Å². The van der Waals surface area contributed by atoms with Gasteiger partial charge in [0.1, 0.15) is 0 Å². The molecule has 0 spiro atoms. The Morgan fingerprint density at radius 2 is 1.79 bits per heavy atom. The number of fused-ring (bicyclic) bond motifs is 3. The van der Waals surface area contributed by atoms with Gasteiger partial charge in [0.25, 0.3) is 0 Å². The third-order valence-electron chi connectivity index (χ3n) is 4.92.